The molecule has 4 atom stereocenters. The molecule has 0 saturated carbocycles. The van der Waals surface area contributed by atoms with Crippen LogP contribution in [0.1, 0.15) is 52.7 Å². The van der Waals surface area contributed by atoms with Crippen molar-refractivity contribution in [2.24, 2.45) is 0 Å². The summed E-state index contributed by atoms with van der Waals surface area (Å²) in [5, 5.41) is 39.0. The molecule has 4 N–H and O–H groups in total. The lowest BCUT2D eigenvalue weighted by atomic mass is 10.0. The minimum Gasteiger partial charge on any atom is -0.392 e. The highest BCUT2D eigenvalue weighted by Crippen LogP contribution is 2.21. The van der Waals surface area contributed by atoms with Gasteiger partial charge in [-0.05, 0) is 69.5 Å². The fourth-order valence-electron chi connectivity index (χ4n) is 3.73. The van der Waals surface area contributed by atoms with Gasteiger partial charge in [0, 0.05) is 37.6 Å². The van der Waals surface area contributed by atoms with Crippen molar-refractivity contribution < 1.29 is 20.4 Å². The zero-order valence-electron chi connectivity index (χ0n) is 21.1. The molecule has 186 valence electrons. The topological polar surface area (TPSA) is 87.4 Å². The quantitative estimate of drug-likeness (QED) is 0.388. The Morgan fingerprint density at radius 3 is 0.970 bits per heavy atom. The van der Waals surface area contributed by atoms with Crippen LogP contribution in [-0.4, -0.2) is 71.0 Å². The third-order valence-corrected chi connectivity index (χ3v) is 4.95. The van der Waals surface area contributed by atoms with E-state index < -0.39 is 24.4 Å². The fraction of sp³-hybridized carbons (Fsp3) is 0.556. The van der Waals surface area contributed by atoms with E-state index in [2.05, 4.69) is 24.3 Å². The van der Waals surface area contributed by atoms with E-state index in [1.54, 1.807) is 27.7 Å². The Bertz CT molecular complexity index is 673. The van der Waals surface area contributed by atoms with Crippen LogP contribution in [0.3, 0.4) is 0 Å². The first-order valence-electron chi connectivity index (χ1n) is 12.0. The number of anilines is 2. The number of hydrogen-bond donors (Lipinski definition) is 4. The molecular formula is C27H44N2O4. The second-order valence-corrected chi connectivity index (χ2v) is 8.72. The zero-order chi connectivity index (χ0) is 25.0. The second-order valence-electron chi connectivity index (χ2n) is 8.72. The fourth-order valence-corrected chi connectivity index (χ4v) is 3.73. The Morgan fingerprint density at radius 2 is 0.758 bits per heavy atom. The minimum absolute atomic E-state index is 0.473. The summed E-state index contributed by atoms with van der Waals surface area (Å²) in [6.45, 7) is 12.9. The van der Waals surface area contributed by atoms with Crippen molar-refractivity contribution >= 4 is 11.4 Å². The summed E-state index contributed by atoms with van der Waals surface area (Å²) in [6, 6.07) is 16.4. The van der Waals surface area contributed by atoms with Crippen molar-refractivity contribution in [1.82, 2.24) is 0 Å². The van der Waals surface area contributed by atoms with Gasteiger partial charge in [-0.1, -0.05) is 38.1 Å². The molecule has 6 nitrogen and oxygen atoms in total. The van der Waals surface area contributed by atoms with E-state index in [1.165, 1.54) is 11.1 Å². The lowest BCUT2D eigenvalue weighted by Gasteiger charge is -2.28. The van der Waals surface area contributed by atoms with Gasteiger partial charge in [-0.3, -0.25) is 0 Å². The van der Waals surface area contributed by atoms with Crippen LogP contribution in [0.15, 0.2) is 48.5 Å². The van der Waals surface area contributed by atoms with Crippen LogP contribution < -0.4 is 9.80 Å². The van der Waals surface area contributed by atoms with Gasteiger partial charge < -0.3 is 30.2 Å². The van der Waals surface area contributed by atoms with E-state index in [1.807, 2.05) is 47.9 Å². The molecule has 0 fully saturated rings. The largest absolute Gasteiger partial charge is 0.392 e. The third-order valence-electron chi connectivity index (χ3n) is 4.95. The molecule has 0 radical (unpaired) electrons. The molecule has 2 aromatic rings. The predicted molar refractivity (Wildman–Crippen MR) is 138 cm³/mol. The van der Waals surface area contributed by atoms with Gasteiger partial charge in [-0.15, -0.1) is 0 Å². The van der Waals surface area contributed by atoms with Gasteiger partial charge in [0.1, 0.15) is 0 Å². The van der Waals surface area contributed by atoms with E-state index in [-0.39, 0.29) is 0 Å². The molecule has 6 heteroatoms. The average Bonchev–Trinajstić information content (AvgIpc) is 2.74. The highest BCUT2D eigenvalue weighted by molar-refractivity contribution is 5.50. The summed E-state index contributed by atoms with van der Waals surface area (Å²) < 4.78 is 0. The van der Waals surface area contributed by atoms with Gasteiger partial charge in [0.2, 0.25) is 0 Å². The Morgan fingerprint density at radius 1 is 0.515 bits per heavy atom. The lowest BCUT2D eigenvalue weighted by Crippen LogP contribution is -2.36. The number of benzene rings is 2. The molecule has 0 aliphatic heterocycles. The van der Waals surface area contributed by atoms with E-state index in [4.69, 9.17) is 0 Å². The number of aliphatic hydroxyl groups is 4. The van der Waals surface area contributed by atoms with Crippen molar-refractivity contribution in [3.8, 4) is 0 Å². The molecule has 4 unspecified atom stereocenters. The van der Waals surface area contributed by atoms with Gasteiger partial charge in [-0.25, -0.2) is 0 Å². The maximum atomic E-state index is 9.75. The van der Waals surface area contributed by atoms with Gasteiger partial charge in [0.25, 0.3) is 0 Å². The Labute approximate surface area is 200 Å². The smallest absolute Gasteiger partial charge is 0.0687 e. The van der Waals surface area contributed by atoms with Crippen molar-refractivity contribution in [3.05, 3.63) is 59.7 Å². The maximum absolute atomic E-state index is 9.75. The Kier molecular flexibility index (Phi) is 13.1. The number of rotatable bonds is 12. The molecule has 0 amide bonds. The van der Waals surface area contributed by atoms with Crippen molar-refractivity contribution in [3.63, 3.8) is 0 Å². The molecule has 0 heterocycles. The van der Waals surface area contributed by atoms with Crippen LogP contribution in [0.25, 0.3) is 0 Å². The van der Waals surface area contributed by atoms with Gasteiger partial charge in [-0.2, -0.15) is 0 Å². The highest BCUT2D eigenvalue weighted by atomic mass is 16.3. The minimum atomic E-state index is -0.473. The summed E-state index contributed by atoms with van der Waals surface area (Å²) in [5.74, 6) is 0. The van der Waals surface area contributed by atoms with Crippen molar-refractivity contribution in [2.75, 3.05) is 36.0 Å². The first kappa shape index (κ1) is 28.9. The van der Waals surface area contributed by atoms with E-state index in [0.717, 1.165) is 17.8 Å². The molecule has 33 heavy (non-hydrogen) atoms. The zero-order valence-corrected chi connectivity index (χ0v) is 21.1. The van der Waals surface area contributed by atoms with Gasteiger partial charge in [0.05, 0.1) is 24.4 Å². The number of aliphatic hydroxyl groups excluding tert-OH is 4. The summed E-state index contributed by atoms with van der Waals surface area (Å²) in [4.78, 5) is 3.99. The van der Waals surface area contributed by atoms with E-state index in [0.29, 0.717) is 26.2 Å². The van der Waals surface area contributed by atoms with Gasteiger partial charge in [0.15, 0.2) is 0 Å². The maximum Gasteiger partial charge on any atom is 0.0687 e. The van der Waals surface area contributed by atoms with Gasteiger partial charge >= 0.3 is 0 Å². The van der Waals surface area contributed by atoms with E-state index in [9.17, 15) is 20.4 Å². The average molecular weight is 461 g/mol. The van der Waals surface area contributed by atoms with Crippen LogP contribution in [0, 0.1) is 0 Å². The number of hydrogen-bond acceptors (Lipinski definition) is 6. The summed E-state index contributed by atoms with van der Waals surface area (Å²) in [5.41, 5.74) is 4.31. The molecule has 2 rings (SSSR count). The van der Waals surface area contributed by atoms with E-state index >= 15 is 0 Å². The summed E-state index contributed by atoms with van der Waals surface area (Å²) in [7, 11) is 0. The van der Waals surface area contributed by atoms with Crippen LogP contribution in [0.4, 0.5) is 11.4 Å². The van der Waals surface area contributed by atoms with Crippen LogP contribution in [0.2, 0.25) is 0 Å². The second kappa shape index (κ2) is 14.9. The van der Waals surface area contributed by atoms with Crippen LogP contribution in [0.5, 0.6) is 0 Å². The lowest BCUT2D eigenvalue weighted by molar-refractivity contribution is 0.177. The highest BCUT2D eigenvalue weighted by Gasteiger charge is 2.13. The molecular weight excluding hydrogens is 416 g/mol. The normalized spacial score (nSPS) is 14.5. The molecule has 0 aliphatic rings. The molecule has 0 saturated heterocycles. The molecule has 0 aromatic heterocycles. The standard InChI is InChI=1S/C25H38N2O4.C2H6/c1-18(28)14-26(15-19(2)29)24-9-5-22(6-10-24)13-23-7-11-25(12-8-23)27(16-20(3)30)17-21(4)31;1-2/h5-12,18-21,28-31H,13-17H2,1-4H3;1-2H3. The molecule has 0 bridgehead atoms. The van der Waals surface area contributed by atoms with Crippen molar-refractivity contribution in [2.45, 2.75) is 72.4 Å². The number of nitrogens with zero attached hydrogens (tertiary/aromatic N) is 2. The molecule has 0 spiro atoms. The monoisotopic (exact) mass is 460 g/mol. The molecule has 0 aliphatic carbocycles. The summed E-state index contributed by atoms with van der Waals surface area (Å²) in [6.07, 6.45) is -1.10. The first-order chi connectivity index (χ1) is 15.6. The Hall–Kier alpha value is -2.12. The van der Waals surface area contributed by atoms with Crippen molar-refractivity contribution in [1.29, 1.82) is 0 Å². The SMILES string of the molecule is CC.CC(O)CN(CC(C)O)c1ccc(Cc2ccc(N(CC(C)O)CC(C)O)cc2)cc1. The Balaban J connectivity index is 0.00000265. The first-order valence-corrected chi connectivity index (χ1v) is 12.0. The predicted octanol–water partition coefficient (Wildman–Crippen LogP) is 3.44. The van der Waals surface area contributed by atoms with Crippen LogP contribution in [-0.2, 0) is 6.42 Å². The summed E-state index contributed by atoms with van der Waals surface area (Å²) >= 11 is 0. The molecule has 2 aromatic carbocycles. The van der Waals surface area contributed by atoms with Crippen LogP contribution >= 0.6 is 0 Å². The third kappa shape index (κ3) is 11.0.